The van der Waals surface area contributed by atoms with Crippen LogP contribution in [0.4, 0.5) is 10.5 Å². The van der Waals surface area contributed by atoms with E-state index in [1.807, 2.05) is 17.5 Å². The van der Waals surface area contributed by atoms with Crippen molar-refractivity contribution in [3.8, 4) is 0 Å². The Bertz CT molecular complexity index is 1010. The van der Waals surface area contributed by atoms with Gasteiger partial charge < -0.3 is 20.3 Å². The van der Waals surface area contributed by atoms with Crippen LogP contribution in [0.2, 0.25) is 0 Å². The smallest absolute Gasteiger partial charge is 0.338 e. The maximum Gasteiger partial charge on any atom is 0.338 e. The third-order valence-corrected chi connectivity index (χ3v) is 7.08. The van der Waals surface area contributed by atoms with Crippen molar-refractivity contribution in [2.24, 2.45) is 0 Å². The fraction of sp³-hybridized carbons (Fsp3) is 0.417. The van der Waals surface area contributed by atoms with Gasteiger partial charge in [-0.3, -0.25) is 4.90 Å². The van der Waals surface area contributed by atoms with E-state index >= 15 is 0 Å². The number of urea groups is 1. The number of nitrogens with zero attached hydrogens (tertiary/aromatic N) is 2. The highest BCUT2D eigenvalue weighted by molar-refractivity contribution is 7.10. The normalized spacial score (nSPS) is 19.5. The number of rotatable bonds is 6. The second-order valence-corrected chi connectivity index (χ2v) is 9.12. The summed E-state index contributed by atoms with van der Waals surface area (Å²) in [5.41, 5.74) is 5.02. The molecule has 0 bridgehead atoms. The van der Waals surface area contributed by atoms with E-state index in [1.54, 1.807) is 6.92 Å². The fourth-order valence-corrected chi connectivity index (χ4v) is 5.09. The molecule has 4 rings (SSSR count). The van der Waals surface area contributed by atoms with Gasteiger partial charge in [0.05, 0.1) is 18.2 Å². The van der Waals surface area contributed by atoms with Crippen molar-refractivity contribution in [3.05, 3.63) is 63.0 Å². The molecule has 32 heavy (non-hydrogen) atoms. The SMILES string of the molecule is CCOC(=O)C1=C(CN2CCN(c3cccc(C)c3C)CC2)NC(=O)N[C@@H]1c1cccs1. The molecule has 0 spiro atoms. The van der Waals surface area contributed by atoms with Crippen LogP contribution in [0.3, 0.4) is 0 Å². The average molecular weight is 455 g/mol. The minimum atomic E-state index is -0.492. The predicted molar refractivity (Wildman–Crippen MR) is 127 cm³/mol. The molecule has 2 aliphatic heterocycles. The highest BCUT2D eigenvalue weighted by Gasteiger charge is 2.35. The van der Waals surface area contributed by atoms with Crippen molar-refractivity contribution in [2.75, 3.05) is 44.2 Å². The lowest BCUT2D eigenvalue weighted by Gasteiger charge is -2.38. The van der Waals surface area contributed by atoms with E-state index in [0.717, 1.165) is 31.1 Å². The zero-order valence-corrected chi connectivity index (χ0v) is 19.6. The van der Waals surface area contributed by atoms with E-state index in [1.165, 1.54) is 28.2 Å². The Morgan fingerprint density at radius 3 is 2.62 bits per heavy atom. The Kier molecular flexibility index (Phi) is 6.81. The standard InChI is InChI=1S/C24H30N4O3S/c1-4-31-23(29)21-18(25-24(30)26-22(21)20-9-6-14-32-20)15-27-10-12-28(13-11-27)19-8-5-7-16(2)17(19)3/h5-9,14,22H,4,10-13,15H2,1-3H3,(H2,25,26,30)/t22-/m1/s1. The molecular formula is C24H30N4O3S. The van der Waals surface area contributed by atoms with E-state index in [0.29, 0.717) is 17.8 Å². The van der Waals surface area contributed by atoms with E-state index in [2.05, 4.69) is 52.5 Å². The molecule has 7 nitrogen and oxygen atoms in total. The van der Waals surface area contributed by atoms with Crippen LogP contribution in [0.5, 0.6) is 0 Å². The van der Waals surface area contributed by atoms with E-state index in [9.17, 15) is 9.59 Å². The molecule has 170 valence electrons. The lowest BCUT2D eigenvalue weighted by Crippen LogP contribution is -2.51. The molecule has 0 radical (unpaired) electrons. The molecule has 1 saturated heterocycles. The van der Waals surface area contributed by atoms with Crippen molar-refractivity contribution in [1.82, 2.24) is 15.5 Å². The van der Waals surface area contributed by atoms with Gasteiger partial charge in [-0.1, -0.05) is 18.2 Å². The third-order valence-electron chi connectivity index (χ3n) is 6.15. The summed E-state index contributed by atoms with van der Waals surface area (Å²) in [4.78, 5) is 30.9. The number of piperazine rings is 1. The molecule has 0 unspecified atom stereocenters. The molecule has 1 atom stereocenters. The summed E-state index contributed by atoms with van der Waals surface area (Å²) in [6.45, 7) is 10.4. The lowest BCUT2D eigenvalue weighted by molar-refractivity contribution is -0.139. The number of esters is 1. The quantitative estimate of drug-likeness (QED) is 0.655. The molecule has 3 heterocycles. The van der Waals surface area contributed by atoms with Crippen LogP contribution in [0, 0.1) is 13.8 Å². The largest absolute Gasteiger partial charge is 0.463 e. The van der Waals surface area contributed by atoms with Gasteiger partial charge in [0, 0.05) is 49.0 Å². The van der Waals surface area contributed by atoms with Crippen LogP contribution in [-0.4, -0.2) is 56.2 Å². The summed E-state index contributed by atoms with van der Waals surface area (Å²) < 4.78 is 5.35. The number of amides is 2. The van der Waals surface area contributed by atoms with Crippen molar-refractivity contribution >= 4 is 29.0 Å². The molecule has 0 saturated carbocycles. The molecule has 2 aromatic rings. The summed E-state index contributed by atoms with van der Waals surface area (Å²) in [7, 11) is 0. The first-order valence-electron chi connectivity index (χ1n) is 11.0. The monoisotopic (exact) mass is 454 g/mol. The maximum absolute atomic E-state index is 12.9. The van der Waals surface area contributed by atoms with Crippen molar-refractivity contribution in [3.63, 3.8) is 0 Å². The molecule has 2 amide bonds. The summed E-state index contributed by atoms with van der Waals surface area (Å²) >= 11 is 1.51. The molecular weight excluding hydrogens is 424 g/mol. The van der Waals surface area contributed by atoms with E-state index in [4.69, 9.17) is 4.74 Å². The van der Waals surface area contributed by atoms with Crippen molar-refractivity contribution < 1.29 is 14.3 Å². The molecule has 1 aromatic heterocycles. The zero-order chi connectivity index (χ0) is 22.7. The van der Waals surface area contributed by atoms with Gasteiger partial charge in [0.25, 0.3) is 0 Å². The van der Waals surface area contributed by atoms with Gasteiger partial charge in [0.2, 0.25) is 0 Å². The maximum atomic E-state index is 12.9. The number of benzene rings is 1. The van der Waals surface area contributed by atoms with Crippen LogP contribution in [0.15, 0.2) is 47.0 Å². The van der Waals surface area contributed by atoms with Crippen LogP contribution >= 0.6 is 11.3 Å². The average Bonchev–Trinajstić information content (AvgIpc) is 3.31. The number of carbonyl (C=O) groups excluding carboxylic acids is 2. The molecule has 8 heteroatoms. The lowest BCUT2D eigenvalue weighted by atomic mass is 10.0. The Morgan fingerprint density at radius 1 is 1.16 bits per heavy atom. The fourth-order valence-electron chi connectivity index (χ4n) is 4.31. The van der Waals surface area contributed by atoms with Crippen LogP contribution in [0.1, 0.15) is 29.0 Å². The highest BCUT2D eigenvalue weighted by atomic mass is 32.1. The second-order valence-electron chi connectivity index (χ2n) is 8.14. The number of thiophene rings is 1. The van der Waals surface area contributed by atoms with Gasteiger partial charge in [0.15, 0.2) is 0 Å². The summed E-state index contributed by atoms with van der Waals surface area (Å²) in [6, 6.07) is 9.49. The summed E-state index contributed by atoms with van der Waals surface area (Å²) in [6.07, 6.45) is 0. The number of ether oxygens (including phenoxy) is 1. The van der Waals surface area contributed by atoms with Crippen molar-refractivity contribution in [1.29, 1.82) is 0 Å². The number of nitrogens with one attached hydrogen (secondary N) is 2. The predicted octanol–water partition coefficient (Wildman–Crippen LogP) is 3.36. The van der Waals surface area contributed by atoms with Gasteiger partial charge in [0.1, 0.15) is 0 Å². The van der Waals surface area contributed by atoms with Gasteiger partial charge >= 0.3 is 12.0 Å². The minimum Gasteiger partial charge on any atom is -0.463 e. The molecule has 2 aliphatic rings. The van der Waals surface area contributed by atoms with E-state index in [-0.39, 0.29) is 18.6 Å². The summed E-state index contributed by atoms with van der Waals surface area (Å²) in [5.74, 6) is -0.387. The number of hydrogen-bond acceptors (Lipinski definition) is 6. The molecule has 0 aliphatic carbocycles. The van der Waals surface area contributed by atoms with Gasteiger partial charge in [-0.25, -0.2) is 9.59 Å². The minimum absolute atomic E-state index is 0.287. The number of hydrogen-bond donors (Lipinski definition) is 2. The van der Waals surface area contributed by atoms with E-state index < -0.39 is 6.04 Å². The number of anilines is 1. The number of aryl methyl sites for hydroxylation is 1. The zero-order valence-electron chi connectivity index (χ0n) is 18.8. The first kappa shape index (κ1) is 22.4. The molecule has 2 N–H and O–H groups in total. The second kappa shape index (κ2) is 9.75. The Morgan fingerprint density at radius 2 is 1.94 bits per heavy atom. The Labute approximate surface area is 193 Å². The highest BCUT2D eigenvalue weighted by Crippen LogP contribution is 2.31. The first-order valence-corrected chi connectivity index (χ1v) is 11.9. The molecule has 1 aromatic carbocycles. The Hall–Kier alpha value is -2.84. The first-order chi connectivity index (χ1) is 15.5. The topological polar surface area (TPSA) is 73.9 Å². The van der Waals surface area contributed by atoms with Crippen LogP contribution in [0.25, 0.3) is 0 Å². The number of carbonyl (C=O) groups is 2. The Balaban J connectivity index is 1.53. The van der Waals surface area contributed by atoms with Gasteiger partial charge in [-0.15, -0.1) is 11.3 Å². The van der Waals surface area contributed by atoms with Crippen LogP contribution < -0.4 is 15.5 Å². The summed E-state index contributed by atoms with van der Waals surface area (Å²) in [5, 5.41) is 7.72. The van der Waals surface area contributed by atoms with Crippen molar-refractivity contribution in [2.45, 2.75) is 26.8 Å². The van der Waals surface area contributed by atoms with Crippen LogP contribution in [-0.2, 0) is 9.53 Å². The third kappa shape index (κ3) is 4.66. The molecule has 1 fully saturated rings. The van der Waals surface area contributed by atoms with Gasteiger partial charge in [-0.05, 0) is 49.4 Å². The van der Waals surface area contributed by atoms with Gasteiger partial charge in [-0.2, -0.15) is 0 Å².